The maximum atomic E-state index is 13.3. The molecule has 1 unspecified atom stereocenters. The fourth-order valence-corrected chi connectivity index (χ4v) is 1.92. The Bertz CT molecular complexity index is 559. The number of aromatic nitrogens is 2. The summed E-state index contributed by atoms with van der Waals surface area (Å²) < 4.78 is 20.4. The molecule has 0 bridgehead atoms. The summed E-state index contributed by atoms with van der Waals surface area (Å²) >= 11 is 0. The molecular weight excluding hydrogens is 273 g/mol. The molecule has 0 saturated heterocycles. The van der Waals surface area contributed by atoms with Crippen molar-refractivity contribution in [1.82, 2.24) is 15.1 Å². The van der Waals surface area contributed by atoms with E-state index in [1.54, 1.807) is 29.1 Å². The second kappa shape index (κ2) is 7.87. The van der Waals surface area contributed by atoms with E-state index in [9.17, 15) is 9.50 Å². The van der Waals surface area contributed by atoms with Gasteiger partial charge in [0.1, 0.15) is 5.82 Å². The lowest BCUT2D eigenvalue weighted by Crippen LogP contribution is -2.30. The van der Waals surface area contributed by atoms with Gasteiger partial charge in [0.05, 0.1) is 25.0 Å². The number of hydrogen-bond donors (Lipinski definition) is 2. The van der Waals surface area contributed by atoms with Crippen LogP contribution in [0.15, 0.2) is 36.5 Å². The van der Waals surface area contributed by atoms with E-state index in [2.05, 4.69) is 10.4 Å². The summed E-state index contributed by atoms with van der Waals surface area (Å²) in [6, 6.07) is 8.37. The van der Waals surface area contributed by atoms with Gasteiger partial charge in [0.25, 0.3) is 0 Å². The third-order valence-electron chi connectivity index (χ3n) is 3.13. The van der Waals surface area contributed by atoms with Gasteiger partial charge in [-0.15, -0.1) is 0 Å². The number of halogens is 1. The average Bonchev–Trinajstić information content (AvgIpc) is 2.87. The van der Waals surface area contributed by atoms with Gasteiger partial charge in [-0.05, 0) is 12.1 Å². The smallest absolute Gasteiger partial charge is 0.128 e. The molecule has 5 nitrogen and oxygen atoms in total. The van der Waals surface area contributed by atoms with E-state index < -0.39 is 6.10 Å². The van der Waals surface area contributed by atoms with Crippen LogP contribution in [0.2, 0.25) is 0 Å². The predicted molar refractivity (Wildman–Crippen MR) is 77.0 cm³/mol. The summed E-state index contributed by atoms with van der Waals surface area (Å²) in [5.41, 5.74) is 1.53. The summed E-state index contributed by atoms with van der Waals surface area (Å²) in [5.74, 6) is -0.290. The Kier molecular flexibility index (Phi) is 5.86. The minimum Gasteiger partial charge on any atom is -0.389 e. The van der Waals surface area contributed by atoms with Crippen LogP contribution in [-0.2, 0) is 24.9 Å². The Hall–Kier alpha value is -1.76. The van der Waals surface area contributed by atoms with Gasteiger partial charge in [-0.25, -0.2) is 4.39 Å². The van der Waals surface area contributed by atoms with Crippen LogP contribution in [0.4, 0.5) is 4.39 Å². The molecule has 0 aliphatic rings. The fourth-order valence-electron chi connectivity index (χ4n) is 1.92. The summed E-state index contributed by atoms with van der Waals surface area (Å²) in [5, 5.41) is 17.0. The average molecular weight is 293 g/mol. The van der Waals surface area contributed by atoms with Gasteiger partial charge < -0.3 is 15.2 Å². The van der Waals surface area contributed by atoms with Gasteiger partial charge in [-0.1, -0.05) is 18.2 Å². The summed E-state index contributed by atoms with van der Waals surface area (Å²) in [6.07, 6.45) is 1.09. The molecule has 6 heteroatoms. The molecule has 1 aromatic heterocycles. The minimum atomic E-state index is -0.634. The molecule has 114 valence electrons. The molecule has 0 amide bonds. The highest BCUT2D eigenvalue weighted by Gasteiger charge is 2.06. The Balaban J connectivity index is 1.63. The molecule has 0 spiro atoms. The number of hydrogen-bond acceptors (Lipinski definition) is 4. The van der Waals surface area contributed by atoms with Crippen LogP contribution in [0.25, 0.3) is 0 Å². The van der Waals surface area contributed by atoms with E-state index in [0.717, 1.165) is 5.69 Å². The molecule has 2 rings (SSSR count). The highest BCUT2D eigenvalue weighted by Crippen LogP contribution is 2.07. The topological polar surface area (TPSA) is 59.3 Å². The first-order chi connectivity index (χ1) is 10.2. The van der Waals surface area contributed by atoms with Crippen LogP contribution in [0.1, 0.15) is 11.3 Å². The highest BCUT2D eigenvalue weighted by molar-refractivity contribution is 5.16. The second-order valence-electron chi connectivity index (χ2n) is 4.84. The van der Waals surface area contributed by atoms with Crippen molar-refractivity contribution in [2.45, 2.75) is 19.3 Å². The monoisotopic (exact) mass is 293 g/mol. The van der Waals surface area contributed by atoms with Crippen molar-refractivity contribution in [3.63, 3.8) is 0 Å². The van der Waals surface area contributed by atoms with Crippen molar-refractivity contribution < 1.29 is 14.2 Å². The second-order valence-corrected chi connectivity index (χ2v) is 4.84. The van der Waals surface area contributed by atoms with Gasteiger partial charge in [0.2, 0.25) is 0 Å². The van der Waals surface area contributed by atoms with Crippen LogP contribution in [0.5, 0.6) is 0 Å². The van der Waals surface area contributed by atoms with Crippen LogP contribution in [-0.4, -0.2) is 34.1 Å². The van der Waals surface area contributed by atoms with E-state index in [1.807, 2.05) is 13.1 Å². The van der Waals surface area contributed by atoms with Gasteiger partial charge in [-0.3, -0.25) is 4.68 Å². The fraction of sp³-hybridized carbons (Fsp3) is 0.400. The van der Waals surface area contributed by atoms with Crippen molar-refractivity contribution in [1.29, 1.82) is 0 Å². The lowest BCUT2D eigenvalue weighted by molar-refractivity contribution is 0.0277. The van der Waals surface area contributed by atoms with Crippen LogP contribution in [0.3, 0.4) is 0 Å². The summed E-state index contributed by atoms with van der Waals surface area (Å²) in [4.78, 5) is 0. The first-order valence-corrected chi connectivity index (χ1v) is 6.83. The zero-order chi connectivity index (χ0) is 15.1. The van der Waals surface area contributed by atoms with Crippen molar-refractivity contribution in [2.24, 2.45) is 7.05 Å². The molecule has 0 aliphatic heterocycles. The lowest BCUT2D eigenvalue weighted by atomic mass is 10.2. The Morgan fingerprint density at radius 3 is 2.90 bits per heavy atom. The van der Waals surface area contributed by atoms with Crippen molar-refractivity contribution in [3.8, 4) is 0 Å². The third kappa shape index (κ3) is 4.93. The number of nitrogens with one attached hydrogen (secondary N) is 1. The summed E-state index contributed by atoms with van der Waals surface area (Å²) in [7, 11) is 1.87. The SMILES string of the molecule is Cn1nccc1CNCC(O)COCc1ccccc1F. The Morgan fingerprint density at radius 1 is 1.38 bits per heavy atom. The number of rotatable bonds is 8. The number of aliphatic hydroxyl groups excluding tert-OH is 1. The molecule has 1 atom stereocenters. The third-order valence-corrected chi connectivity index (χ3v) is 3.13. The van der Waals surface area contributed by atoms with Gasteiger partial charge >= 0.3 is 0 Å². The molecule has 2 N–H and O–H groups in total. The summed E-state index contributed by atoms with van der Waals surface area (Å²) in [6.45, 7) is 1.35. The van der Waals surface area contributed by atoms with Crippen molar-refractivity contribution in [2.75, 3.05) is 13.2 Å². The highest BCUT2D eigenvalue weighted by atomic mass is 19.1. The number of nitrogens with zero attached hydrogens (tertiary/aromatic N) is 2. The molecule has 0 aliphatic carbocycles. The standard InChI is InChI=1S/C15H20FN3O2/c1-19-13(6-7-18-19)8-17-9-14(20)11-21-10-12-4-2-3-5-15(12)16/h2-7,14,17,20H,8-11H2,1H3. The number of aryl methyl sites for hydroxylation is 1. The number of aliphatic hydroxyl groups is 1. The maximum absolute atomic E-state index is 13.3. The molecule has 21 heavy (non-hydrogen) atoms. The number of benzene rings is 1. The molecule has 1 heterocycles. The van der Waals surface area contributed by atoms with Crippen molar-refractivity contribution >= 4 is 0 Å². The molecule has 1 aromatic carbocycles. The van der Waals surface area contributed by atoms with E-state index in [-0.39, 0.29) is 19.0 Å². The zero-order valence-corrected chi connectivity index (χ0v) is 12.0. The van der Waals surface area contributed by atoms with E-state index in [1.165, 1.54) is 6.07 Å². The lowest BCUT2D eigenvalue weighted by Gasteiger charge is -2.12. The normalized spacial score (nSPS) is 12.5. The van der Waals surface area contributed by atoms with E-state index in [0.29, 0.717) is 18.7 Å². The molecule has 0 radical (unpaired) electrons. The first-order valence-electron chi connectivity index (χ1n) is 6.83. The zero-order valence-electron chi connectivity index (χ0n) is 12.0. The molecule has 0 fully saturated rings. The van der Waals surface area contributed by atoms with E-state index >= 15 is 0 Å². The van der Waals surface area contributed by atoms with Crippen LogP contribution >= 0.6 is 0 Å². The quantitative estimate of drug-likeness (QED) is 0.768. The Labute approximate surface area is 123 Å². The van der Waals surface area contributed by atoms with Gasteiger partial charge in [0.15, 0.2) is 0 Å². The first kappa shape index (κ1) is 15.6. The van der Waals surface area contributed by atoms with Crippen LogP contribution in [0, 0.1) is 5.82 Å². The van der Waals surface area contributed by atoms with Gasteiger partial charge in [-0.2, -0.15) is 5.10 Å². The van der Waals surface area contributed by atoms with Crippen LogP contribution < -0.4 is 5.32 Å². The minimum absolute atomic E-state index is 0.158. The van der Waals surface area contributed by atoms with Gasteiger partial charge in [0, 0.05) is 31.9 Å². The molecular formula is C15H20FN3O2. The van der Waals surface area contributed by atoms with E-state index in [4.69, 9.17) is 4.74 Å². The molecule has 2 aromatic rings. The maximum Gasteiger partial charge on any atom is 0.128 e. The Morgan fingerprint density at radius 2 is 2.19 bits per heavy atom. The number of ether oxygens (including phenoxy) is 1. The predicted octanol–water partition coefficient (Wildman–Crippen LogP) is 1.23. The largest absolute Gasteiger partial charge is 0.389 e. The molecule has 0 saturated carbocycles. The van der Waals surface area contributed by atoms with Crippen molar-refractivity contribution in [3.05, 3.63) is 53.6 Å².